The number of esters is 1. The molecule has 0 N–H and O–H groups in total. The first-order chi connectivity index (χ1) is 6.16. The van der Waals surface area contributed by atoms with Crippen molar-refractivity contribution in [3.8, 4) is 0 Å². The summed E-state index contributed by atoms with van der Waals surface area (Å²) in [5.41, 5.74) is 0. The van der Waals surface area contributed by atoms with Crippen molar-refractivity contribution in [2.24, 2.45) is 4.99 Å². The zero-order chi connectivity index (χ0) is 10.1. The van der Waals surface area contributed by atoms with E-state index >= 15 is 0 Å². The van der Waals surface area contributed by atoms with Crippen LogP contribution in [-0.4, -0.2) is 25.3 Å². The first-order valence-electron chi connectivity index (χ1n) is 4.77. The molecule has 0 rings (SSSR count). The molecule has 0 aromatic rings. The second kappa shape index (κ2) is 7.77. The fourth-order valence-corrected chi connectivity index (χ4v) is 0.956. The maximum atomic E-state index is 11.0. The van der Waals surface area contributed by atoms with E-state index in [1.807, 2.05) is 20.1 Å². The first-order valence-corrected chi connectivity index (χ1v) is 4.77. The summed E-state index contributed by atoms with van der Waals surface area (Å²) < 4.78 is 4.98. The zero-order valence-electron chi connectivity index (χ0n) is 8.75. The predicted octanol–water partition coefficient (Wildman–Crippen LogP) is 2.20. The first kappa shape index (κ1) is 12.1. The van der Waals surface area contributed by atoms with Crippen molar-refractivity contribution in [2.75, 3.05) is 7.05 Å². The second-order valence-corrected chi connectivity index (χ2v) is 3.23. The van der Waals surface area contributed by atoms with Crippen LogP contribution in [0.25, 0.3) is 0 Å². The Kier molecular flexibility index (Phi) is 7.26. The Hall–Kier alpha value is -0.860. The van der Waals surface area contributed by atoms with Gasteiger partial charge in [0.15, 0.2) is 0 Å². The number of carbonyl (C=O) groups is 1. The van der Waals surface area contributed by atoms with E-state index in [-0.39, 0.29) is 12.1 Å². The van der Waals surface area contributed by atoms with Gasteiger partial charge in [0.25, 0.3) is 0 Å². The third kappa shape index (κ3) is 9.05. The number of carbonyl (C=O) groups excluding carboxylic acids is 1. The van der Waals surface area contributed by atoms with Crippen molar-refractivity contribution in [2.45, 2.75) is 45.6 Å². The molecule has 0 bridgehead atoms. The van der Waals surface area contributed by atoms with E-state index in [0.717, 1.165) is 19.3 Å². The molecule has 0 fully saturated rings. The van der Waals surface area contributed by atoms with Gasteiger partial charge < -0.3 is 9.73 Å². The smallest absolute Gasteiger partial charge is 0.306 e. The lowest BCUT2D eigenvalue weighted by Gasteiger charge is -2.06. The minimum atomic E-state index is -0.0940. The highest BCUT2D eigenvalue weighted by Crippen LogP contribution is 2.01. The predicted molar refractivity (Wildman–Crippen MR) is 54.1 cm³/mol. The maximum absolute atomic E-state index is 11.0. The van der Waals surface area contributed by atoms with Crippen molar-refractivity contribution in [3.63, 3.8) is 0 Å². The fourth-order valence-electron chi connectivity index (χ4n) is 0.956. The average molecular weight is 185 g/mol. The Morgan fingerprint density at radius 2 is 2.15 bits per heavy atom. The van der Waals surface area contributed by atoms with Crippen LogP contribution in [0, 0.1) is 0 Å². The molecule has 0 aliphatic heterocycles. The molecule has 0 aliphatic carbocycles. The molecule has 3 heteroatoms. The number of hydrogen-bond donors (Lipinski definition) is 0. The molecule has 0 unspecified atom stereocenters. The van der Waals surface area contributed by atoms with Crippen LogP contribution < -0.4 is 0 Å². The van der Waals surface area contributed by atoms with Crippen LogP contribution in [0.1, 0.15) is 39.5 Å². The third-order valence-corrected chi connectivity index (χ3v) is 1.51. The van der Waals surface area contributed by atoms with Crippen molar-refractivity contribution < 1.29 is 9.53 Å². The highest BCUT2D eigenvalue weighted by Gasteiger charge is 2.03. The molecule has 0 spiro atoms. The lowest BCUT2D eigenvalue weighted by molar-refractivity contribution is -0.147. The summed E-state index contributed by atoms with van der Waals surface area (Å²) in [5.74, 6) is -0.0940. The molecule has 13 heavy (non-hydrogen) atoms. The van der Waals surface area contributed by atoms with E-state index in [9.17, 15) is 4.79 Å². The Labute approximate surface area is 80.2 Å². The van der Waals surface area contributed by atoms with Crippen molar-refractivity contribution in [3.05, 3.63) is 0 Å². The third-order valence-electron chi connectivity index (χ3n) is 1.51. The molecule has 0 heterocycles. The average Bonchev–Trinajstić information content (AvgIpc) is 2.02. The van der Waals surface area contributed by atoms with Crippen LogP contribution in [0.2, 0.25) is 0 Å². The van der Waals surface area contributed by atoms with Gasteiger partial charge in [-0.3, -0.25) is 4.79 Å². The summed E-state index contributed by atoms with van der Waals surface area (Å²) in [6.07, 6.45) is 5.24. The molecule has 0 aliphatic rings. The number of nitrogens with zero attached hydrogens (tertiary/aromatic N) is 1. The van der Waals surface area contributed by atoms with Gasteiger partial charge in [-0.05, 0) is 39.3 Å². The summed E-state index contributed by atoms with van der Waals surface area (Å²) in [7, 11) is 1.76. The van der Waals surface area contributed by atoms with Gasteiger partial charge in [0, 0.05) is 13.5 Å². The van der Waals surface area contributed by atoms with Gasteiger partial charge in [0.05, 0.1) is 6.10 Å². The van der Waals surface area contributed by atoms with Crippen LogP contribution in [0.4, 0.5) is 0 Å². The van der Waals surface area contributed by atoms with Gasteiger partial charge in [0.1, 0.15) is 0 Å². The normalized spacial score (nSPS) is 11.1. The number of aliphatic imine (C=N–C) groups is 1. The van der Waals surface area contributed by atoms with E-state index in [1.54, 1.807) is 7.05 Å². The maximum Gasteiger partial charge on any atom is 0.306 e. The molecular weight excluding hydrogens is 166 g/mol. The highest BCUT2D eigenvalue weighted by molar-refractivity contribution is 5.69. The molecule has 3 nitrogen and oxygen atoms in total. The van der Waals surface area contributed by atoms with Gasteiger partial charge in [-0.15, -0.1) is 0 Å². The van der Waals surface area contributed by atoms with E-state index in [0.29, 0.717) is 6.42 Å². The summed E-state index contributed by atoms with van der Waals surface area (Å²) >= 11 is 0. The summed E-state index contributed by atoms with van der Waals surface area (Å²) in [6.45, 7) is 3.73. The quantitative estimate of drug-likeness (QED) is 0.361. The Morgan fingerprint density at radius 1 is 1.46 bits per heavy atom. The van der Waals surface area contributed by atoms with Gasteiger partial charge in [-0.2, -0.15) is 0 Å². The van der Waals surface area contributed by atoms with Gasteiger partial charge in [0.2, 0.25) is 0 Å². The number of rotatable bonds is 6. The Bertz CT molecular complexity index is 164. The van der Waals surface area contributed by atoms with Gasteiger partial charge >= 0.3 is 5.97 Å². The Balaban J connectivity index is 3.27. The SMILES string of the molecule is CN=CCCCCC(=O)OC(C)C. The Morgan fingerprint density at radius 3 is 2.69 bits per heavy atom. The monoisotopic (exact) mass is 185 g/mol. The summed E-state index contributed by atoms with van der Waals surface area (Å²) in [6, 6.07) is 0. The van der Waals surface area contributed by atoms with Gasteiger partial charge in [-0.1, -0.05) is 0 Å². The van der Waals surface area contributed by atoms with E-state index in [1.165, 1.54) is 0 Å². The number of ether oxygens (including phenoxy) is 1. The van der Waals surface area contributed by atoms with Crippen molar-refractivity contribution >= 4 is 12.2 Å². The lowest BCUT2D eigenvalue weighted by atomic mass is 10.2. The van der Waals surface area contributed by atoms with Crippen LogP contribution >= 0.6 is 0 Å². The summed E-state index contributed by atoms with van der Waals surface area (Å²) in [5, 5.41) is 0. The van der Waals surface area contributed by atoms with E-state index < -0.39 is 0 Å². The van der Waals surface area contributed by atoms with Crippen LogP contribution in [0.15, 0.2) is 4.99 Å². The van der Waals surface area contributed by atoms with E-state index in [2.05, 4.69) is 4.99 Å². The summed E-state index contributed by atoms with van der Waals surface area (Å²) in [4.78, 5) is 14.9. The molecule has 76 valence electrons. The topological polar surface area (TPSA) is 38.7 Å². The van der Waals surface area contributed by atoms with Crippen molar-refractivity contribution in [1.29, 1.82) is 0 Å². The molecule has 0 aromatic heterocycles. The van der Waals surface area contributed by atoms with Crippen LogP contribution in [-0.2, 0) is 9.53 Å². The number of hydrogen-bond acceptors (Lipinski definition) is 3. The minimum absolute atomic E-state index is 0.00436. The number of unbranched alkanes of at least 4 members (excludes halogenated alkanes) is 2. The molecule has 0 saturated heterocycles. The van der Waals surface area contributed by atoms with Gasteiger partial charge in [-0.25, -0.2) is 0 Å². The zero-order valence-corrected chi connectivity index (χ0v) is 8.75. The molecule has 0 aromatic carbocycles. The fraction of sp³-hybridized carbons (Fsp3) is 0.800. The standard InChI is InChI=1S/C10H19NO2/c1-9(2)13-10(12)7-5-4-6-8-11-3/h8-9H,4-7H2,1-3H3. The molecular formula is C10H19NO2. The largest absolute Gasteiger partial charge is 0.463 e. The molecule has 0 atom stereocenters. The minimum Gasteiger partial charge on any atom is -0.463 e. The van der Waals surface area contributed by atoms with Crippen molar-refractivity contribution in [1.82, 2.24) is 0 Å². The second-order valence-electron chi connectivity index (χ2n) is 3.23. The van der Waals surface area contributed by atoms with E-state index in [4.69, 9.17) is 4.74 Å². The van der Waals surface area contributed by atoms with Crippen LogP contribution in [0.5, 0.6) is 0 Å². The molecule has 0 amide bonds. The molecule has 0 saturated carbocycles. The highest BCUT2D eigenvalue weighted by atomic mass is 16.5. The van der Waals surface area contributed by atoms with Crippen LogP contribution in [0.3, 0.4) is 0 Å². The lowest BCUT2D eigenvalue weighted by Crippen LogP contribution is -2.10. The molecule has 0 radical (unpaired) electrons.